The maximum Gasteiger partial charge on any atom is 0.308 e. The lowest BCUT2D eigenvalue weighted by Crippen LogP contribution is -2.30. The normalized spacial score (nSPS) is 22.5. The molecule has 0 saturated carbocycles. The molecule has 0 radical (unpaired) electrons. The monoisotopic (exact) mass is 354 g/mol. The highest BCUT2D eigenvalue weighted by Crippen LogP contribution is 2.32. The van der Waals surface area contributed by atoms with Crippen LogP contribution in [0, 0.1) is 11.8 Å². The van der Waals surface area contributed by atoms with Crippen molar-refractivity contribution in [1.82, 2.24) is 9.29 Å². The van der Waals surface area contributed by atoms with E-state index in [0.29, 0.717) is 15.9 Å². The lowest BCUT2D eigenvalue weighted by molar-refractivity contribution is -0.142. The van der Waals surface area contributed by atoms with Crippen LogP contribution in [0.15, 0.2) is 35.4 Å². The smallest absolute Gasteiger partial charge is 0.308 e. The van der Waals surface area contributed by atoms with E-state index in [9.17, 15) is 18.3 Å². The topological polar surface area (TPSA) is 87.6 Å². The summed E-state index contributed by atoms with van der Waals surface area (Å²) in [5.74, 6) is -1.92. The van der Waals surface area contributed by atoms with Gasteiger partial charge in [0.25, 0.3) is 0 Å². The third-order valence-corrected chi connectivity index (χ3v) is 6.39. The summed E-state index contributed by atoms with van der Waals surface area (Å²) in [7, 11) is -3.83. The zero-order valence-corrected chi connectivity index (χ0v) is 13.9. The Morgan fingerprint density at radius 1 is 1.35 bits per heavy atom. The molecule has 1 aromatic carbocycles. The van der Waals surface area contributed by atoms with Gasteiger partial charge in [0, 0.05) is 24.7 Å². The summed E-state index contributed by atoms with van der Waals surface area (Å²) >= 11 is 6.10. The van der Waals surface area contributed by atoms with E-state index >= 15 is 0 Å². The Morgan fingerprint density at radius 3 is 2.74 bits per heavy atom. The Balaban J connectivity index is 2.08. The first-order chi connectivity index (χ1) is 10.8. The van der Waals surface area contributed by atoms with Gasteiger partial charge in [0.1, 0.15) is 4.90 Å². The van der Waals surface area contributed by atoms with Crippen LogP contribution in [0.25, 0.3) is 10.9 Å². The molecule has 0 aliphatic carbocycles. The van der Waals surface area contributed by atoms with Gasteiger partial charge in [0.2, 0.25) is 10.0 Å². The van der Waals surface area contributed by atoms with Crippen LogP contribution < -0.4 is 0 Å². The molecule has 23 heavy (non-hydrogen) atoms. The fourth-order valence-electron chi connectivity index (χ4n) is 2.90. The molecule has 1 fully saturated rings. The van der Waals surface area contributed by atoms with Crippen LogP contribution in [0.5, 0.6) is 0 Å². The molecule has 1 aromatic heterocycles. The van der Waals surface area contributed by atoms with Crippen molar-refractivity contribution >= 4 is 38.5 Å². The van der Waals surface area contributed by atoms with Gasteiger partial charge in [-0.1, -0.05) is 30.7 Å². The summed E-state index contributed by atoms with van der Waals surface area (Å²) in [6.45, 7) is 1.89. The number of hydrogen-bond donors (Lipinski definition) is 1. The van der Waals surface area contributed by atoms with Crippen molar-refractivity contribution in [2.75, 3.05) is 13.1 Å². The molecule has 122 valence electrons. The van der Waals surface area contributed by atoms with Crippen molar-refractivity contribution in [1.29, 1.82) is 0 Å². The number of nitrogens with zero attached hydrogens (tertiary/aromatic N) is 2. The van der Waals surface area contributed by atoms with Crippen LogP contribution >= 0.6 is 11.6 Å². The van der Waals surface area contributed by atoms with E-state index in [0.717, 1.165) is 0 Å². The summed E-state index contributed by atoms with van der Waals surface area (Å²) < 4.78 is 27.1. The number of rotatable bonds is 3. The number of carboxylic acid groups (broad SMARTS) is 1. The molecular formula is C15H15ClN2O4S. The second kappa shape index (κ2) is 5.74. The number of fused-ring (bicyclic) bond motifs is 1. The van der Waals surface area contributed by atoms with Gasteiger partial charge in [-0.15, -0.1) is 0 Å². The van der Waals surface area contributed by atoms with Gasteiger partial charge in [-0.25, -0.2) is 8.42 Å². The number of carbonyl (C=O) groups is 1. The van der Waals surface area contributed by atoms with Gasteiger partial charge < -0.3 is 5.11 Å². The largest absolute Gasteiger partial charge is 0.481 e. The standard InChI is InChI=1S/C15H15ClN2O4S/c1-9-7-18(8-11(9)15(19)20)23(21,22)13-4-2-3-10-12(16)5-6-17-14(10)13/h2-6,9,11H,7-8H2,1H3,(H,19,20)/t9-,11-/m1/s1. The molecule has 1 saturated heterocycles. The first-order valence-corrected chi connectivity index (χ1v) is 8.90. The third kappa shape index (κ3) is 2.69. The Kier molecular flexibility index (Phi) is 4.03. The van der Waals surface area contributed by atoms with E-state index in [1.807, 2.05) is 0 Å². The molecular weight excluding hydrogens is 340 g/mol. The van der Waals surface area contributed by atoms with Crippen LogP contribution in [0.3, 0.4) is 0 Å². The minimum absolute atomic E-state index is 0.0320. The molecule has 2 heterocycles. The Labute approximate surface area is 138 Å². The number of para-hydroxylation sites is 1. The number of aromatic nitrogens is 1. The van der Waals surface area contributed by atoms with E-state index in [4.69, 9.17) is 11.6 Å². The predicted molar refractivity (Wildman–Crippen MR) is 85.8 cm³/mol. The maximum absolute atomic E-state index is 12.9. The number of carboxylic acids is 1. The molecule has 1 aliphatic heterocycles. The van der Waals surface area contributed by atoms with Crippen molar-refractivity contribution in [3.05, 3.63) is 35.5 Å². The van der Waals surface area contributed by atoms with E-state index in [1.54, 1.807) is 25.1 Å². The fraction of sp³-hybridized carbons (Fsp3) is 0.333. The van der Waals surface area contributed by atoms with Gasteiger partial charge in [-0.3, -0.25) is 9.78 Å². The van der Waals surface area contributed by atoms with Crippen molar-refractivity contribution in [2.24, 2.45) is 11.8 Å². The lowest BCUT2D eigenvalue weighted by Gasteiger charge is -2.17. The second-order valence-corrected chi connectivity index (χ2v) is 8.00. The van der Waals surface area contributed by atoms with Crippen LogP contribution in [0.2, 0.25) is 5.02 Å². The number of halogens is 1. The summed E-state index contributed by atoms with van der Waals surface area (Å²) in [6, 6.07) is 6.38. The van der Waals surface area contributed by atoms with Crippen molar-refractivity contribution < 1.29 is 18.3 Å². The number of pyridine rings is 1. The highest BCUT2D eigenvalue weighted by molar-refractivity contribution is 7.89. The molecule has 6 nitrogen and oxygen atoms in total. The first kappa shape index (κ1) is 16.2. The molecule has 0 bridgehead atoms. The average molecular weight is 355 g/mol. The van der Waals surface area contributed by atoms with Crippen molar-refractivity contribution in [2.45, 2.75) is 11.8 Å². The molecule has 0 spiro atoms. The summed E-state index contributed by atoms with van der Waals surface area (Å²) in [5.41, 5.74) is 0.298. The van der Waals surface area contributed by atoms with Crippen molar-refractivity contribution in [3.63, 3.8) is 0 Å². The molecule has 0 amide bonds. The molecule has 3 rings (SSSR count). The summed E-state index contributed by atoms with van der Waals surface area (Å²) in [5, 5.41) is 10.2. The van der Waals surface area contributed by atoms with E-state index in [2.05, 4.69) is 4.98 Å². The fourth-order valence-corrected chi connectivity index (χ4v) is 4.84. The second-order valence-electron chi connectivity index (χ2n) is 5.69. The quantitative estimate of drug-likeness (QED) is 0.913. The Morgan fingerprint density at radius 2 is 2.09 bits per heavy atom. The molecule has 2 atom stereocenters. The zero-order valence-electron chi connectivity index (χ0n) is 12.3. The molecule has 8 heteroatoms. The van der Waals surface area contributed by atoms with Gasteiger partial charge in [0.15, 0.2) is 0 Å². The Hall–Kier alpha value is -1.70. The first-order valence-electron chi connectivity index (χ1n) is 7.08. The number of sulfonamides is 1. The minimum atomic E-state index is -3.83. The third-order valence-electron chi connectivity index (χ3n) is 4.19. The summed E-state index contributed by atoms with van der Waals surface area (Å²) in [4.78, 5) is 15.4. The number of hydrogen-bond acceptors (Lipinski definition) is 4. The van der Waals surface area contributed by atoms with E-state index in [1.165, 1.54) is 16.6 Å². The van der Waals surface area contributed by atoms with Gasteiger partial charge >= 0.3 is 5.97 Å². The van der Waals surface area contributed by atoms with Crippen LogP contribution in [0.4, 0.5) is 0 Å². The van der Waals surface area contributed by atoms with E-state index < -0.39 is 21.9 Å². The summed E-state index contributed by atoms with van der Waals surface area (Å²) in [6.07, 6.45) is 1.45. The van der Waals surface area contributed by atoms with E-state index in [-0.39, 0.29) is 23.9 Å². The Bertz CT molecular complexity index is 884. The van der Waals surface area contributed by atoms with Crippen molar-refractivity contribution in [3.8, 4) is 0 Å². The SMILES string of the molecule is C[C@@H]1CN(S(=O)(=O)c2cccc3c(Cl)ccnc23)C[C@H]1C(=O)O. The maximum atomic E-state index is 12.9. The minimum Gasteiger partial charge on any atom is -0.481 e. The molecule has 1 N–H and O–H groups in total. The highest BCUT2D eigenvalue weighted by atomic mass is 35.5. The van der Waals surface area contributed by atoms with Gasteiger partial charge in [-0.05, 0) is 18.1 Å². The van der Waals surface area contributed by atoms with Gasteiger partial charge in [-0.2, -0.15) is 4.31 Å². The van der Waals surface area contributed by atoms with Crippen LogP contribution in [-0.2, 0) is 14.8 Å². The highest BCUT2D eigenvalue weighted by Gasteiger charge is 2.41. The molecule has 2 aromatic rings. The average Bonchev–Trinajstić information content (AvgIpc) is 2.90. The van der Waals surface area contributed by atoms with Crippen LogP contribution in [-0.4, -0.2) is 41.9 Å². The molecule has 0 unspecified atom stereocenters. The number of benzene rings is 1. The number of aliphatic carboxylic acids is 1. The zero-order chi connectivity index (χ0) is 16.8. The van der Waals surface area contributed by atoms with Crippen LogP contribution in [0.1, 0.15) is 6.92 Å². The predicted octanol–water partition coefficient (Wildman–Crippen LogP) is 2.23. The lowest BCUT2D eigenvalue weighted by atomic mass is 9.99. The molecule has 1 aliphatic rings. The van der Waals surface area contributed by atoms with Gasteiger partial charge in [0.05, 0.1) is 16.5 Å².